The molecule has 4 aliphatic rings. The summed E-state index contributed by atoms with van der Waals surface area (Å²) in [5.41, 5.74) is 6.03. The highest BCUT2D eigenvalue weighted by Crippen LogP contribution is 2.39. The molecule has 0 radical (unpaired) electrons. The molecule has 2 bridgehead atoms. The highest BCUT2D eigenvalue weighted by molar-refractivity contribution is 7.13. The number of thiazole rings is 1. The maximum absolute atomic E-state index is 17.1. The second-order valence-corrected chi connectivity index (χ2v) is 23.1. The number of likely N-dealkylation sites (tertiary alicyclic amines) is 2. The van der Waals surface area contributed by atoms with Gasteiger partial charge in [-0.1, -0.05) is 70.2 Å². The van der Waals surface area contributed by atoms with Crippen LogP contribution in [0.25, 0.3) is 43.4 Å². The quantitative estimate of drug-likeness (QED) is 0.0687. The first kappa shape index (κ1) is 53.1. The first-order valence-electron chi connectivity index (χ1n) is 27.1. The number of fused-ring (bicyclic) bond motifs is 4. The summed E-state index contributed by atoms with van der Waals surface area (Å²) < 4.78 is 29.3. The minimum absolute atomic E-state index is 0.0307. The van der Waals surface area contributed by atoms with Gasteiger partial charge in [0, 0.05) is 50.0 Å². The summed E-state index contributed by atoms with van der Waals surface area (Å²) in [7, 11) is 0. The average molecular weight is 1060 g/mol. The minimum Gasteiger partial charge on any atom is -0.508 e. The summed E-state index contributed by atoms with van der Waals surface area (Å²) in [4.78, 5) is 67.3. The third-order valence-corrected chi connectivity index (χ3v) is 16.8. The largest absolute Gasteiger partial charge is 0.508 e. The van der Waals surface area contributed by atoms with Gasteiger partial charge in [-0.2, -0.15) is 9.97 Å². The monoisotopic (exact) mass is 1050 g/mol. The van der Waals surface area contributed by atoms with Crippen LogP contribution in [0.4, 0.5) is 10.2 Å². The minimum atomic E-state index is -0.848. The van der Waals surface area contributed by atoms with Crippen LogP contribution in [0.2, 0.25) is 0 Å². The van der Waals surface area contributed by atoms with E-state index in [-0.39, 0.29) is 59.3 Å². The van der Waals surface area contributed by atoms with E-state index in [0.717, 1.165) is 96.3 Å². The molecule has 0 saturated carbocycles. The third kappa shape index (κ3) is 11.5. The lowest BCUT2D eigenvalue weighted by Crippen LogP contribution is -2.58. The molecule has 5 atom stereocenters. The van der Waals surface area contributed by atoms with Crippen LogP contribution in [-0.2, 0) is 25.5 Å². The number of phenolic OH excluding ortho intramolecular Hbond substituents is 1. The van der Waals surface area contributed by atoms with Crippen molar-refractivity contribution in [2.45, 2.75) is 117 Å². The number of piperazine rings is 1. The zero-order valence-electron chi connectivity index (χ0n) is 44.5. The van der Waals surface area contributed by atoms with Crippen molar-refractivity contribution in [3.8, 4) is 33.5 Å². The second-order valence-electron chi connectivity index (χ2n) is 22.2. The Labute approximate surface area is 448 Å². The van der Waals surface area contributed by atoms with E-state index in [1.165, 1.54) is 0 Å². The molecule has 4 fully saturated rings. The molecule has 0 spiro atoms. The van der Waals surface area contributed by atoms with Crippen molar-refractivity contribution in [2.75, 3.05) is 64.0 Å². The van der Waals surface area contributed by atoms with Gasteiger partial charge in [0.05, 0.1) is 34.1 Å². The number of aromatic hydroxyl groups is 1. The fraction of sp³-hybridized carbons (Fsp3) is 0.500. The molecular weight excluding hydrogens is 984 g/mol. The van der Waals surface area contributed by atoms with Crippen molar-refractivity contribution in [1.82, 2.24) is 45.7 Å². The molecule has 7 heterocycles. The van der Waals surface area contributed by atoms with Gasteiger partial charge in [0.15, 0.2) is 5.82 Å². The Morgan fingerprint density at radius 3 is 2.43 bits per heavy atom. The highest BCUT2D eigenvalue weighted by atomic mass is 32.1. The fourth-order valence-electron chi connectivity index (χ4n) is 11.6. The van der Waals surface area contributed by atoms with E-state index in [1.807, 2.05) is 82.6 Å². The molecule has 6 aromatic rings. The maximum Gasteiger partial charge on any atom is 0.319 e. The van der Waals surface area contributed by atoms with Gasteiger partial charge in [-0.25, -0.2) is 9.37 Å². The van der Waals surface area contributed by atoms with Gasteiger partial charge in [-0.15, -0.1) is 11.3 Å². The van der Waals surface area contributed by atoms with Gasteiger partial charge in [0.25, 0.3) is 0 Å². The molecule has 16 nitrogen and oxygen atoms in total. The van der Waals surface area contributed by atoms with Crippen molar-refractivity contribution in [2.24, 2.45) is 11.3 Å². The van der Waals surface area contributed by atoms with Gasteiger partial charge in [-0.3, -0.25) is 24.3 Å². The number of aryl methyl sites for hydroxylation is 2. The fourth-order valence-corrected chi connectivity index (χ4v) is 12.4. The Hall–Kier alpha value is -6.34. The lowest BCUT2D eigenvalue weighted by Gasteiger charge is -2.35. The van der Waals surface area contributed by atoms with E-state index in [1.54, 1.807) is 34.6 Å². The number of piperidine rings is 1. The number of phenols is 1. The Morgan fingerprint density at radius 1 is 0.961 bits per heavy atom. The number of nitrogens with one attached hydrogen (secondary N) is 3. The predicted octanol–water partition coefficient (Wildman–Crippen LogP) is 8.13. The molecule has 4 N–H and O–H groups in total. The van der Waals surface area contributed by atoms with Crippen LogP contribution >= 0.6 is 11.3 Å². The number of amides is 3. The van der Waals surface area contributed by atoms with Gasteiger partial charge < -0.3 is 40.3 Å². The summed E-state index contributed by atoms with van der Waals surface area (Å²) in [6, 6.07) is 16.3. The van der Waals surface area contributed by atoms with Crippen LogP contribution in [0.15, 0.2) is 66.3 Å². The topological polar surface area (TPSA) is 187 Å². The first-order chi connectivity index (χ1) is 36.6. The number of carbonyl (C=O) groups excluding carboxylic acids is 3. The molecule has 402 valence electrons. The first-order valence-corrected chi connectivity index (χ1v) is 28.0. The Morgan fingerprint density at radius 2 is 1.72 bits per heavy atom. The van der Waals surface area contributed by atoms with E-state index in [0.29, 0.717) is 68.0 Å². The van der Waals surface area contributed by atoms with Crippen molar-refractivity contribution in [1.29, 1.82) is 0 Å². The van der Waals surface area contributed by atoms with Crippen LogP contribution in [0.3, 0.4) is 0 Å². The van der Waals surface area contributed by atoms with Crippen molar-refractivity contribution in [3.63, 3.8) is 0 Å². The summed E-state index contributed by atoms with van der Waals surface area (Å²) in [5, 5.41) is 22.7. The maximum atomic E-state index is 17.1. The molecule has 76 heavy (non-hydrogen) atoms. The lowest BCUT2D eigenvalue weighted by molar-refractivity contribution is -0.144. The molecule has 3 aromatic heterocycles. The summed E-state index contributed by atoms with van der Waals surface area (Å²) in [5.74, 6) is -0.550. The van der Waals surface area contributed by atoms with Gasteiger partial charge in [-0.05, 0) is 123 Å². The number of nitrogens with zero attached hydrogens (tertiary/aromatic N) is 7. The zero-order chi connectivity index (χ0) is 53.3. The molecule has 4 aliphatic heterocycles. The standard InChI is InChI=1S/C58H71FN10O6S/c1-7-37-10-8-11-40-26-43(70)27-44(48(37)40)50-49(59)51-45(28-60-50)54(68-29-41-17-18-42(30-68)63-41)66-57(65-51)75-25-24-67-22-19-36(20-23-67)31-74-32-47(71)64-53(58(4,5)6)56(73)69-21-9-12-46(69)55(72)62-34(2)38-13-15-39(16-14-38)52-35(3)61-33-76-52/h8,10-11,13-16,26-28,33-34,36,41-42,46,53,63,70H,7,9,12,17-25,29-32H2,1-6H3,(H,62,72)(H,64,71)/t34-,41?,42?,46-,53+/m0/s1. The Kier molecular flexibility index (Phi) is 15.9. The Bertz CT molecular complexity index is 3070. The number of hydrogen-bond acceptors (Lipinski definition) is 14. The number of halogens is 1. The van der Waals surface area contributed by atoms with Crippen LogP contribution in [0.1, 0.15) is 96.0 Å². The van der Waals surface area contributed by atoms with Crippen molar-refractivity contribution >= 4 is 56.6 Å². The van der Waals surface area contributed by atoms with E-state index < -0.39 is 23.3 Å². The molecule has 2 unspecified atom stereocenters. The van der Waals surface area contributed by atoms with Crippen LogP contribution in [-0.4, -0.2) is 136 Å². The smallest absolute Gasteiger partial charge is 0.319 e. The molecule has 10 rings (SSSR count). The van der Waals surface area contributed by atoms with Crippen LogP contribution < -0.4 is 25.6 Å². The van der Waals surface area contributed by atoms with Gasteiger partial charge >= 0.3 is 6.01 Å². The number of ether oxygens (including phenoxy) is 2. The lowest BCUT2D eigenvalue weighted by atomic mass is 9.85. The summed E-state index contributed by atoms with van der Waals surface area (Å²) in [6.45, 7) is 16.4. The van der Waals surface area contributed by atoms with E-state index in [4.69, 9.17) is 24.4 Å². The number of aromatic nitrogens is 4. The number of hydrogen-bond donors (Lipinski definition) is 4. The SMILES string of the molecule is CCc1cccc2cc(O)cc(-c3ncc4c(N5CC6CCC(C5)N6)nc(OCCN5CCC(COCC(=O)N[C@H](C(=O)N6CCC[C@H]6C(=O)N[C@@H](C)c6ccc(-c7scnc7C)cc6)C(C)(C)C)CC5)nc4c3F)c12. The third-order valence-electron chi connectivity index (χ3n) is 15.8. The number of benzene rings is 3. The molecule has 3 aromatic carbocycles. The predicted molar refractivity (Wildman–Crippen MR) is 294 cm³/mol. The molecule has 3 amide bonds. The van der Waals surface area contributed by atoms with Gasteiger partial charge in [0.1, 0.15) is 48.1 Å². The highest BCUT2D eigenvalue weighted by Gasteiger charge is 2.42. The molecule has 0 aliphatic carbocycles. The zero-order valence-corrected chi connectivity index (χ0v) is 45.4. The van der Waals surface area contributed by atoms with E-state index in [2.05, 4.69) is 37.7 Å². The van der Waals surface area contributed by atoms with Crippen LogP contribution in [0, 0.1) is 24.1 Å². The van der Waals surface area contributed by atoms with E-state index in [9.17, 15) is 19.5 Å². The van der Waals surface area contributed by atoms with Crippen molar-refractivity contribution < 1.29 is 33.4 Å². The summed E-state index contributed by atoms with van der Waals surface area (Å²) in [6.07, 6.45) is 7.51. The van der Waals surface area contributed by atoms with Crippen LogP contribution in [0.5, 0.6) is 11.8 Å². The van der Waals surface area contributed by atoms with Gasteiger partial charge in [0.2, 0.25) is 17.7 Å². The van der Waals surface area contributed by atoms with E-state index >= 15 is 4.39 Å². The number of anilines is 1. The number of carbonyl (C=O) groups is 3. The molecule has 18 heteroatoms. The molecule has 4 saturated heterocycles. The number of rotatable bonds is 17. The average Bonchev–Trinajstić information content (AvgIpc) is 4.18. The molecular formula is C58H71FN10O6S. The Balaban J connectivity index is 0.717. The second kappa shape index (κ2) is 22.7. The van der Waals surface area contributed by atoms with Crippen molar-refractivity contribution in [3.05, 3.63) is 88.9 Å². The number of pyridine rings is 1. The normalized spacial score (nSPS) is 20.1. The summed E-state index contributed by atoms with van der Waals surface area (Å²) >= 11 is 1.60.